The van der Waals surface area contributed by atoms with E-state index in [2.05, 4.69) is 43.6 Å². The Bertz CT molecular complexity index is 3020. The highest BCUT2D eigenvalue weighted by Gasteiger charge is 2.50. The number of hydrogen-bond acceptors (Lipinski definition) is 18. The molecule has 3 fully saturated rings. The lowest BCUT2D eigenvalue weighted by atomic mass is 9.98. The summed E-state index contributed by atoms with van der Waals surface area (Å²) in [5, 5.41) is 91.2. The molecule has 0 bridgehead atoms. The van der Waals surface area contributed by atoms with E-state index in [-0.39, 0.29) is 80.1 Å². The molecule has 4 aliphatic heterocycles. The zero-order chi connectivity index (χ0) is 60.5. The van der Waals surface area contributed by atoms with Gasteiger partial charge in [-0.05, 0) is 90.5 Å². The first-order valence-corrected chi connectivity index (χ1v) is 28.2. The number of carbonyl (C=O) groups is 7. The molecule has 0 aromatic heterocycles. The smallest absolute Gasteiger partial charge is 0.251 e. The normalized spacial score (nSPS) is 26.1. The molecule has 0 unspecified atom stereocenters. The predicted octanol–water partition coefficient (Wildman–Crippen LogP) is -1.90. The van der Waals surface area contributed by atoms with Crippen LogP contribution in [-0.4, -0.2) is 206 Å². The number of aromatic hydroxyl groups is 1. The van der Waals surface area contributed by atoms with Gasteiger partial charge in [-0.15, -0.1) is 24.8 Å². The molecular weight excluding hydrogens is 1160 g/mol. The van der Waals surface area contributed by atoms with Crippen molar-refractivity contribution in [2.45, 2.75) is 125 Å². The lowest BCUT2D eigenvalue weighted by molar-refractivity contribution is -0.147. The van der Waals surface area contributed by atoms with Crippen molar-refractivity contribution in [2.75, 3.05) is 50.8 Å². The fourth-order valence-corrected chi connectivity index (χ4v) is 11.2. The van der Waals surface area contributed by atoms with E-state index in [0.29, 0.717) is 0 Å². The minimum absolute atomic E-state index is 0. The molecule has 0 spiro atoms. The van der Waals surface area contributed by atoms with Gasteiger partial charge >= 0.3 is 0 Å². The van der Waals surface area contributed by atoms with Gasteiger partial charge in [-0.1, -0.05) is 61.5 Å². The monoisotopic (exact) mass is 1240 g/mol. The van der Waals surface area contributed by atoms with E-state index in [0.717, 1.165) is 53.0 Å². The quantitative estimate of drug-likeness (QED) is 0.0656. The summed E-state index contributed by atoms with van der Waals surface area (Å²) in [5.74, 6) is -8.51. The van der Waals surface area contributed by atoms with Crippen molar-refractivity contribution in [3.8, 4) is 22.6 Å². The number of aliphatic hydroxyl groups excluding tert-OH is 6. The minimum Gasteiger partial charge on any atom is -0.504 e. The lowest BCUT2D eigenvalue weighted by Gasteiger charge is -2.34. The number of phenols is 1. The number of ether oxygens (including phenoxy) is 1. The van der Waals surface area contributed by atoms with Crippen LogP contribution in [-0.2, 0) is 48.2 Å². The number of carbonyl (C=O) groups excluding carboxylic acids is 7. The second kappa shape index (κ2) is 30.5. The van der Waals surface area contributed by atoms with Gasteiger partial charge in [0.1, 0.15) is 42.9 Å². The Labute approximate surface area is 509 Å². The molecule has 468 valence electrons. The van der Waals surface area contributed by atoms with Gasteiger partial charge < -0.3 is 93.2 Å². The molecule has 4 aromatic rings. The average Bonchev–Trinajstić information content (AvgIpc) is 2.68. The van der Waals surface area contributed by atoms with E-state index in [9.17, 15) is 69.3 Å². The second-order valence-electron chi connectivity index (χ2n) is 22.1. The molecular formula is C59H78Cl2N10O15. The van der Waals surface area contributed by atoms with Gasteiger partial charge in [0.25, 0.3) is 5.91 Å². The number of β-amino-alcohol motifs (C(OH)–C–C–N with tert-alkyl or cyclic N) is 1. The number of benzene rings is 4. The molecule has 4 aromatic carbocycles. The van der Waals surface area contributed by atoms with Gasteiger partial charge in [-0.25, -0.2) is 0 Å². The predicted molar refractivity (Wildman–Crippen MR) is 319 cm³/mol. The Morgan fingerprint density at radius 1 is 0.721 bits per heavy atom. The first-order valence-electron chi connectivity index (χ1n) is 28.2. The van der Waals surface area contributed by atoms with Crippen molar-refractivity contribution in [1.29, 1.82) is 0 Å². The molecule has 7 amide bonds. The van der Waals surface area contributed by atoms with Crippen LogP contribution < -0.4 is 47.7 Å². The minimum atomic E-state index is -2.03. The molecule has 13 atom stereocenters. The van der Waals surface area contributed by atoms with Crippen LogP contribution >= 0.6 is 24.8 Å². The number of anilines is 1. The van der Waals surface area contributed by atoms with Crippen molar-refractivity contribution in [1.82, 2.24) is 36.4 Å². The summed E-state index contributed by atoms with van der Waals surface area (Å²) in [5.41, 5.74) is 17.0. The molecule has 0 saturated carbocycles. The molecule has 4 heterocycles. The maximum absolute atomic E-state index is 14.7. The van der Waals surface area contributed by atoms with Gasteiger partial charge in [0, 0.05) is 75.7 Å². The van der Waals surface area contributed by atoms with Gasteiger partial charge in [-0.2, -0.15) is 0 Å². The number of hydrogen-bond donors (Lipinski definition) is 14. The number of nitrogens with two attached hydrogens (primary N) is 2. The van der Waals surface area contributed by atoms with E-state index in [1.165, 1.54) is 41.5 Å². The topological polar surface area (TPSA) is 392 Å². The van der Waals surface area contributed by atoms with Crippen LogP contribution in [0.25, 0.3) is 11.1 Å². The van der Waals surface area contributed by atoms with Crippen molar-refractivity contribution in [3.63, 3.8) is 0 Å². The van der Waals surface area contributed by atoms with Crippen LogP contribution in [0.5, 0.6) is 11.5 Å². The number of phenolic OH excluding ortho intramolecular Hbond substituents is 1. The highest BCUT2D eigenvalue weighted by molar-refractivity contribution is 6.00. The number of amides is 7. The molecule has 3 saturated heterocycles. The van der Waals surface area contributed by atoms with Crippen molar-refractivity contribution >= 4 is 71.9 Å². The molecule has 16 N–H and O–H groups in total. The Morgan fingerprint density at radius 2 is 1.36 bits per heavy atom. The Balaban J connectivity index is 0.00000591. The fourth-order valence-electron chi connectivity index (χ4n) is 11.2. The number of nitrogens with one attached hydrogen (secondary N) is 5. The number of nitrogens with zero attached hydrogens (tertiary/aromatic N) is 3. The van der Waals surface area contributed by atoms with Gasteiger partial charge in [0.05, 0.1) is 36.6 Å². The summed E-state index contributed by atoms with van der Waals surface area (Å²) in [4.78, 5) is 105. The Hall–Kier alpha value is -7.17. The first-order chi connectivity index (χ1) is 40.1. The molecule has 25 nitrogen and oxygen atoms in total. The summed E-state index contributed by atoms with van der Waals surface area (Å²) in [6.07, 6.45) is -10.8. The summed E-state index contributed by atoms with van der Waals surface area (Å²) >= 11 is 0. The molecule has 0 aliphatic carbocycles. The van der Waals surface area contributed by atoms with Crippen LogP contribution in [0.4, 0.5) is 5.69 Å². The van der Waals surface area contributed by atoms with Gasteiger partial charge in [-0.3, -0.25) is 33.6 Å². The third-order valence-corrected chi connectivity index (χ3v) is 15.9. The summed E-state index contributed by atoms with van der Waals surface area (Å²) in [7, 11) is 0. The van der Waals surface area contributed by atoms with Gasteiger partial charge in [0.2, 0.25) is 35.4 Å². The second-order valence-corrected chi connectivity index (χ2v) is 22.1. The van der Waals surface area contributed by atoms with E-state index in [4.69, 9.17) is 16.2 Å². The number of aliphatic hydroxyl groups is 6. The highest BCUT2D eigenvalue weighted by Crippen LogP contribution is 2.31. The molecule has 0 radical (unpaired) electrons. The Morgan fingerprint density at radius 3 is 2.02 bits per heavy atom. The van der Waals surface area contributed by atoms with Crippen molar-refractivity contribution < 1.29 is 74.0 Å². The number of fused-ring (bicyclic) bond motifs is 3. The van der Waals surface area contributed by atoms with E-state index < -0.39 is 152 Å². The lowest BCUT2D eigenvalue weighted by Crippen LogP contribution is -2.64. The third-order valence-electron chi connectivity index (χ3n) is 15.9. The van der Waals surface area contributed by atoms with E-state index in [1.807, 2.05) is 36.4 Å². The number of rotatable bonds is 14. The van der Waals surface area contributed by atoms with Crippen LogP contribution in [0.3, 0.4) is 0 Å². The summed E-state index contributed by atoms with van der Waals surface area (Å²) in [6, 6.07) is 16.0. The first kappa shape index (κ1) is 67.9. The fraction of sp³-hybridized carbons (Fsp3) is 0.475. The molecule has 4 aliphatic rings. The van der Waals surface area contributed by atoms with E-state index in [1.54, 1.807) is 19.1 Å². The van der Waals surface area contributed by atoms with Crippen LogP contribution in [0.1, 0.15) is 60.2 Å². The van der Waals surface area contributed by atoms with Crippen LogP contribution in [0.15, 0.2) is 91.0 Å². The van der Waals surface area contributed by atoms with Gasteiger partial charge in [0.15, 0.2) is 11.5 Å². The van der Waals surface area contributed by atoms with Crippen LogP contribution in [0.2, 0.25) is 0 Å². The van der Waals surface area contributed by atoms with Crippen molar-refractivity contribution in [3.05, 3.63) is 113 Å². The van der Waals surface area contributed by atoms with Crippen LogP contribution in [0, 0.1) is 5.92 Å². The molecule has 8 rings (SSSR count). The average molecular weight is 1240 g/mol. The maximum atomic E-state index is 14.7. The maximum Gasteiger partial charge on any atom is 0.251 e. The zero-order valence-corrected chi connectivity index (χ0v) is 49.2. The zero-order valence-electron chi connectivity index (χ0n) is 47.6. The third kappa shape index (κ3) is 16.1. The standard InChI is InChI=1S/C59H76N10O15.2ClH/c1-31-28-69-51(52(31)76)57(81)62-27-40(71)25-42(63-53(77)37-10-8-35(9-11-37)36-12-14-39(15-13-36)67-21-18-34-5-3-4-6-38(34)29-67)54(78)64-48(32(2)70)58(82)68-30-41(72)26-43(68)55(79)65-49(56(80)66-50(59(69)83)45(74)17-19-60)46(75)23-33-7-16-44(73)47(24-33)84-22-20-61;;/h3-16,24,31-32,40-43,45-46,48-52,70-76H,17-23,25-30,60-61H2,1-2H3,(H,62,81)(H,63,77)(H,64,78)(H,65,79)(H,66,80);2*1H/t31-,32+,40+,41+,42-,43-,45+,46+,48-,49-,50-,51-,52-;;/m0../s1. The largest absolute Gasteiger partial charge is 0.504 e. The highest BCUT2D eigenvalue weighted by atomic mass is 35.5. The SMILES string of the molecule is C[C@@H](O)[C@@H]1NC(=O)[C@@H](NC(=O)c2ccc(-c3ccc(N4CCc5ccccc5C4)cc3)cc2)C[C@@H](O)CNC(=O)[C@@H]2[C@@H](O)[C@@H](C)CN2C(=O)[C@H]([C@H](O)CCN)NC(=O)[C@H]([C@H](O)Cc2ccc(O)c(OCCN)c2)NC(=O)[C@@H]2C[C@@H](O)CN2C1=O.Cl.Cl. The number of halogens is 2. The summed E-state index contributed by atoms with van der Waals surface area (Å²) < 4.78 is 5.51. The molecule has 86 heavy (non-hydrogen) atoms. The van der Waals surface area contributed by atoms with Crippen molar-refractivity contribution in [2.24, 2.45) is 17.4 Å². The Kier molecular flexibility index (Phi) is 24.1. The molecule has 27 heteroatoms. The van der Waals surface area contributed by atoms with E-state index >= 15 is 0 Å². The summed E-state index contributed by atoms with van der Waals surface area (Å²) in [6.45, 7) is 2.79.